The molecule has 1 aromatic heterocycles. The number of hydrogen-bond acceptors (Lipinski definition) is 2. The topological polar surface area (TPSA) is 60.5 Å². The molecule has 0 radical (unpaired) electrons. The van der Waals surface area contributed by atoms with Crippen LogP contribution in [0.15, 0.2) is 18.3 Å². The highest BCUT2D eigenvalue weighted by Gasteiger charge is 2.01. The Bertz CT molecular complexity index is 283. The SMILES string of the molecule is N#Cc1ncccc1C#[NH+]. The monoisotopic (exact) mass is 130 g/mol. The van der Waals surface area contributed by atoms with Crippen LogP contribution in [-0.4, -0.2) is 4.98 Å². The molecule has 0 amide bonds. The smallest absolute Gasteiger partial charge is 0.244 e. The van der Waals surface area contributed by atoms with Gasteiger partial charge in [0.15, 0.2) is 5.69 Å². The summed E-state index contributed by atoms with van der Waals surface area (Å²) in [5.41, 5.74) is 0.683. The largest absolute Gasteiger partial charge is 0.311 e. The van der Waals surface area contributed by atoms with Crippen LogP contribution in [0.1, 0.15) is 11.3 Å². The first-order valence-electron chi connectivity index (χ1n) is 2.66. The molecule has 0 fully saturated rings. The fraction of sp³-hybridized carbons (Fsp3) is 0. The maximum Gasteiger partial charge on any atom is 0.311 e. The van der Waals surface area contributed by atoms with Crippen molar-refractivity contribution in [1.29, 1.82) is 5.26 Å². The van der Waals surface area contributed by atoms with Crippen LogP contribution in [0.4, 0.5) is 0 Å². The molecule has 46 valence electrons. The summed E-state index contributed by atoms with van der Waals surface area (Å²) in [6.45, 7) is 0. The first-order chi connectivity index (χ1) is 4.88. The Morgan fingerprint density at radius 2 is 2.40 bits per heavy atom. The van der Waals surface area contributed by atoms with Crippen LogP contribution >= 0.6 is 0 Å². The summed E-state index contributed by atoms with van der Waals surface area (Å²) in [4.78, 5) is 3.72. The maximum absolute atomic E-state index is 8.41. The second-order valence-corrected chi connectivity index (χ2v) is 1.64. The van der Waals surface area contributed by atoms with Gasteiger partial charge in [0.25, 0.3) is 0 Å². The van der Waals surface area contributed by atoms with Crippen LogP contribution in [0.3, 0.4) is 0 Å². The van der Waals surface area contributed by atoms with E-state index >= 15 is 0 Å². The normalized spacial score (nSPS) is 7.80. The van der Waals surface area contributed by atoms with Gasteiger partial charge >= 0.3 is 6.07 Å². The predicted molar refractivity (Wildman–Crippen MR) is 32.9 cm³/mol. The van der Waals surface area contributed by atoms with Crippen LogP contribution < -0.4 is 5.26 Å². The van der Waals surface area contributed by atoms with Gasteiger partial charge in [-0.15, -0.1) is 0 Å². The van der Waals surface area contributed by atoms with E-state index in [4.69, 9.17) is 10.5 Å². The molecule has 0 spiro atoms. The number of nitrogens with zero attached hydrogens (tertiary/aromatic N) is 2. The number of nitrogens with one attached hydrogen (secondary N) is 1. The van der Waals surface area contributed by atoms with Gasteiger partial charge in [-0.25, -0.2) is 4.98 Å². The number of rotatable bonds is 0. The molecule has 0 saturated heterocycles. The molecule has 0 saturated carbocycles. The molecule has 0 atom stereocenters. The van der Waals surface area contributed by atoms with Crippen LogP contribution in [-0.2, 0) is 0 Å². The van der Waals surface area contributed by atoms with E-state index in [1.54, 1.807) is 12.1 Å². The molecular weight excluding hydrogens is 126 g/mol. The molecule has 3 nitrogen and oxygen atoms in total. The second-order valence-electron chi connectivity index (χ2n) is 1.64. The lowest BCUT2D eigenvalue weighted by molar-refractivity contribution is -0.0909. The quantitative estimate of drug-likeness (QED) is 0.493. The third-order valence-electron chi connectivity index (χ3n) is 1.05. The molecular formula is C7H4N3+. The summed E-state index contributed by atoms with van der Waals surface area (Å²) < 4.78 is 0. The van der Waals surface area contributed by atoms with Crippen molar-refractivity contribution in [2.24, 2.45) is 0 Å². The van der Waals surface area contributed by atoms with Crippen molar-refractivity contribution in [2.45, 2.75) is 0 Å². The van der Waals surface area contributed by atoms with Gasteiger partial charge in [-0.3, -0.25) is 0 Å². The summed E-state index contributed by atoms with van der Waals surface area (Å²) in [5, 5.41) is 15.2. The molecule has 10 heavy (non-hydrogen) atoms. The summed E-state index contributed by atoms with van der Waals surface area (Å²) in [7, 11) is 0. The third kappa shape index (κ3) is 0.936. The number of hydrogen-bond donors (Lipinski definition) is 1. The van der Waals surface area contributed by atoms with Gasteiger partial charge in [0.2, 0.25) is 0 Å². The van der Waals surface area contributed by atoms with Crippen LogP contribution in [0.25, 0.3) is 0 Å². The van der Waals surface area contributed by atoms with Gasteiger partial charge < -0.3 is 0 Å². The molecule has 0 aliphatic rings. The van der Waals surface area contributed by atoms with Crippen molar-refractivity contribution in [3.8, 4) is 12.1 Å². The van der Waals surface area contributed by atoms with Crippen LogP contribution in [0.5, 0.6) is 0 Å². The van der Waals surface area contributed by atoms with Crippen molar-refractivity contribution in [3.05, 3.63) is 29.6 Å². The van der Waals surface area contributed by atoms with E-state index in [0.717, 1.165) is 0 Å². The van der Waals surface area contributed by atoms with Crippen molar-refractivity contribution in [3.63, 3.8) is 0 Å². The zero-order valence-electron chi connectivity index (χ0n) is 5.13. The fourth-order valence-corrected chi connectivity index (χ4v) is 0.595. The molecule has 1 N–H and O–H groups in total. The second kappa shape index (κ2) is 2.61. The van der Waals surface area contributed by atoms with E-state index in [1.807, 2.05) is 6.07 Å². The molecule has 0 aromatic carbocycles. The standard InChI is InChI=1S/C7H3N3/c8-4-6-2-1-3-10-7(6)5-9/h1-3H/p+1. The first kappa shape index (κ1) is 6.25. The van der Waals surface area contributed by atoms with E-state index in [2.05, 4.69) is 11.1 Å². The average Bonchev–Trinajstić information content (AvgIpc) is 2.04. The summed E-state index contributed by atoms with van der Waals surface area (Å²) >= 11 is 0. The molecule has 0 aliphatic heterocycles. The van der Waals surface area contributed by atoms with Gasteiger partial charge in [0, 0.05) is 6.20 Å². The van der Waals surface area contributed by atoms with E-state index in [9.17, 15) is 0 Å². The minimum atomic E-state index is 0.248. The highest BCUT2D eigenvalue weighted by molar-refractivity contribution is 5.39. The highest BCUT2D eigenvalue weighted by Crippen LogP contribution is 1.99. The highest BCUT2D eigenvalue weighted by atomic mass is 14.7. The lowest BCUT2D eigenvalue weighted by atomic mass is 10.2. The van der Waals surface area contributed by atoms with Gasteiger partial charge in [0.05, 0.1) is 0 Å². The first-order valence-corrected chi connectivity index (χ1v) is 2.66. The lowest BCUT2D eigenvalue weighted by Crippen LogP contribution is -2.17. The lowest BCUT2D eigenvalue weighted by Gasteiger charge is -1.84. The average molecular weight is 130 g/mol. The van der Waals surface area contributed by atoms with Crippen LogP contribution in [0, 0.1) is 17.4 Å². The van der Waals surface area contributed by atoms with Crippen molar-refractivity contribution in [1.82, 2.24) is 4.98 Å². The molecule has 1 rings (SSSR count). The zero-order valence-corrected chi connectivity index (χ0v) is 5.13. The molecule has 1 aromatic rings. The van der Waals surface area contributed by atoms with E-state index < -0.39 is 0 Å². The van der Waals surface area contributed by atoms with E-state index in [1.165, 1.54) is 6.20 Å². The predicted octanol–water partition coefficient (Wildman–Crippen LogP) is -0.926. The van der Waals surface area contributed by atoms with Gasteiger partial charge in [0.1, 0.15) is 11.6 Å². The Balaban J connectivity index is 3.28. The van der Waals surface area contributed by atoms with Crippen LogP contribution in [0.2, 0.25) is 0 Å². The van der Waals surface area contributed by atoms with E-state index in [-0.39, 0.29) is 5.69 Å². The Morgan fingerprint density at radius 1 is 1.60 bits per heavy atom. The number of aromatic nitrogens is 1. The molecule has 1 heterocycles. The van der Waals surface area contributed by atoms with Gasteiger partial charge in [-0.2, -0.15) is 5.26 Å². The summed E-state index contributed by atoms with van der Waals surface area (Å²) in [6, 6.07) is 7.25. The van der Waals surface area contributed by atoms with Crippen molar-refractivity contribution in [2.75, 3.05) is 0 Å². The molecule has 0 unspecified atom stereocenters. The zero-order chi connectivity index (χ0) is 7.40. The minimum absolute atomic E-state index is 0.248. The van der Waals surface area contributed by atoms with Crippen molar-refractivity contribution >= 4 is 0 Å². The Hall–Kier alpha value is -1.87. The Kier molecular flexibility index (Phi) is 1.63. The van der Waals surface area contributed by atoms with E-state index in [0.29, 0.717) is 5.56 Å². The molecule has 0 aliphatic carbocycles. The number of pyridine rings is 1. The summed E-state index contributed by atoms with van der Waals surface area (Å²) in [5.74, 6) is 0. The maximum atomic E-state index is 8.41. The van der Waals surface area contributed by atoms with Gasteiger partial charge in [-0.1, -0.05) is 5.26 Å². The minimum Gasteiger partial charge on any atom is -0.244 e. The third-order valence-corrected chi connectivity index (χ3v) is 1.05. The molecule has 0 bridgehead atoms. The fourth-order valence-electron chi connectivity index (χ4n) is 0.595. The Morgan fingerprint density at radius 3 is 2.90 bits per heavy atom. The summed E-state index contributed by atoms with van der Waals surface area (Å²) in [6.07, 6.45) is 1.51. The Labute approximate surface area is 58.2 Å². The van der Waals surface area contributed by atoms with Gasteiger partial charge in [-0.05, 0) is 12.1 Å². The number of nitriles is 1. The van der Waals surface area contributed by atoms with Crippen molar-refractivity contribution < 1.29 is 5.26 Å². The molecule has 3 heteroatoms.